The van der Waals surface area contributed by atoms with E-state index in [1.165, 1.54) is 41.7 Å². The Labute approximate surface area is 151 Å². The number of aromatic nitrogens is 1. The minimum atomic E-state index is -0.297. The molecule has 1 aromatic carbocycles. The molecular formula is C19H21N3O2S. The molecule has 25 heavy (non-hydrogen) atoms. The molecule has 4 rings (SSSR count). The minimum absolute atomic E-state index is 0.0242. The molecule has 2 heterocycles. The second-order valence-electron chi connectivity index (χ2n) is 6.75. The van der Waals surface area contributed by atoms with Crippen molar-refractivity contribution in [1.29, 1.82) is 0 Å². The number of nitrogens with zero attached hydrogens (tertiary/aromatic N) is 2. The molecule has 2 aliphatic rings. The summed E-state index contributed by atoms with van der Waals surface area (Å²) in [5, 5.41) is 5.51. The molecule has 2 aromatic rings. The molecule has 1 saturated heterocycles. The summed E-state index contributed by atoms with van der Waals surface area (Å²) >= 11 is 1.42. The van der Waals surface area contributed by atoms with Crippen molar-refractivity contribution in [3.63, 3.8) is 0 Å². The lowest BCUT2D eigenvalue weighted by Gasteiger charge is -2.17. The predicted octanol–water partition coefficient (Wildman–Crippen LogP) is 2.69. The van der Waals surface area contributed by atoms with Gasteiger partial charge in [-0.3, -0.25) is 14.5 Å². The number of thiazole rings is 1. The number of amides is 2. The van der Waals surface area contributed by atoms with Crippen molar-refractivity contribution in [3.8, 4) is 0 Å². The number of hydrogen-bond donors (Lipinski definition) is 1. The number of fused-ring (bicyclic) bond motifs is 1. The minimum Gasteiger partial charge on any atom is -0.352 e. The molecule has 5 nitrogen and oxygen atoms in total. The number of benzene rings is 1. The molecule has 1 aliphatic carbocycles. The number of aryl methyl sites for hydroxylation is 2. The Hall–Kier alpha value is -2.21. The van der Waals surface area contributed by atoms with Crippen LogP contribution in [0.1, 0.15) is 36.0 Å². The lowest BCUT2D eigenvalue weighted by molar-refractivity contribution is -0.126. The fourth-order valence-electron chi connectivity index (χ4n) is 3.65. The maximum absolute atomic E-state index is 12.5. The SMILES string of the molecule is O=C(NCc1ccc2c(c1)CCCC2)C1CC(=O)N(c2nccs2)C1. The maximum atomic E-state index is 12.5. The first-order valence-corrected chi connectivity index (χ1v) is 9.67. The van der Waals surface area contributed by atoms with Crippen LogP contribution in [0, 0.1) is 5.92 Å². The van der Waals surface area contributed by atoms with E-state index in [2.05, 4.69) is 28.5 Å². The Morgan fingerprint density at radius 1 is 1.28 bits per heavy atom. The van der Waals surface area contributed by atoms with Gasteiger partial charge in [0, 0.05) is 31.1 Å². The van der Waals surface area contributed by atoms with Crippen LogP contribution in [0.5, 0.6) is 0 Å². The van der Waals surface area contributed by atoms with Crippen LogP contribution in [-0.2, 0) is 29.0 Å². The Balaban J connectivity index is 1.36. The van der Waals surface area contributed by atoms with Crippen LogP contribution in [0.15, 0.2) is 29.8 Å². The highest BCUT2D eigenvalue weighted by atomic mass is 32.1. The number of carbonyl (C=O) groups is 2. The van der Waals surface area contributed by atoms with E-state index in [0.29, 0.717) is 18.2 Å². The quantitative estimate of drug-likeness (QED) is 0.917. The van der Waals surface area contributed by atoms with Gasteiger partial charge in [-0.15, -0.1) is 11.3 Å². The predicted molar refractivity (Wildman–Crippen MR) is 97.5 cm³/mol. The zero-order chi connectivity index (χ0) is 17.2. The molecule has 1 fully saturated rings. The second kappa shape index (κ2) is 6.96. The molecule has 2 amide bonds. The summed E-state index contributed by atoms with van der Waals surface area (Å²) in [6.45, 7) is 0.941. The molecule has 6 heteroatoms. The summed E-state index contributed by atoms with van der Waals surface area (Å²) in [5.74, 6) is -0.372. The van der Waals surface area contributed by atoms with Gasteiger partial charge < -0.3 is 5.32 Å². The number of rotatable bonds is 4. The molecule has 0 saturated carbocycles. The van der Waals surface area contributed by atoms with E-state index < -0.39 is 0 Å². The van der Waals surface area contributed by atoms with Crippen LogP contribution < -0.4 is 10.2 Å². The molecule has 0 radical (unpaired) electrons. The maximum Gasteiger partial charge on any atom is 0.229 e. The van der Waals surface area contributed by atoms with Crippen LogP contribution in [0.3, 0.4) is 0 Å². The van der Waals surface area contributed by atoms with Gasteiger partial charge in [0.05, 0.1) is 5.92 Å². The summed E-state index contributed by atoms with van der Waals surface area (Å²) < 4.78 is 0. The van der Waals surface area contributed by atoms with Crippen molar-refractivity contribution in [2.45, 2.75) is 38.6 Å². The Kier molecular flexibility index (Phi) is 4.53. The molecule has 130 valence electrons. The van der Waals surface area contributed by atoms with Crippen molar-refractivity contribution in [1.82, 2.24) is 10.3 Å². The molecule has 1 N–H and O–H groups in total. The highest BCUT2D eigenvalue weighted by molar-refractivity contribution is 7.13. The van der Waals surface area contributed by atoms with Crippen molar-refractivity contribution in [3.05, 3.63) is 46.5 Å². The summed E-state index contributed by atoms with van der Waals surface area (Å²) in [7, 11) is 0. The van der Waals surface area contributed by atoms with Gasteiger partial charge in [-0.1, -0.05) is 18.2 Å². The van der Waals surface area contributed by atoms with Crippen LogP contribution in [0.25, 0.3) is 0 Å². The van der Waals surface area contributed by atoms with Gasteiger partial charge in [0.2, 0.25) is 11.8 Å². The molecule has 1 aliphatic heterocycles. The third kappa shape index (κ3) is 3.44. The van der Waals surface area contributed by atoms with Crippen LogP contribution in [0.2, 0.25) is 0 Å². The van der Waals surface area contributed by atoms with Crippen molar-refractivity contribution in [2.24, 2.45) is 5.92 Å². The molecule has 0 bridgehead atoms. The smallest absolute Gasteiger partial charge is 0.229 e. The lowest BCUT2D eigenvalue weighted by Crippen LogP contribution is -2.32. The number of nitrogens with one attached hydrogen (secondary N) is 1. The van der Waals surface area contributed by atoms with E-state index >= 15 is 0 Å². The van der Waals surface area contributed by atoms with Gasteiger partial charge in [-0.2, -0.15) is 0 Å². The Morgan fingerprint density at radius 3 is 2.92 bits per heavy atom. The third-order valence-electron chi connectivity index (χ3n) is 5.03. The molecule has 1 aromatic heterocycles. The first kappa shape index (κ1) is 16.3. The second-order valence-corrected chi connectivity index (χ2v) is 7.62. The number of hydrogen-bond acceptors (Lipinski definition) is 4. The van der Waals surface area contributed by atoms with E-state index in [-0.39, 0.29) is 24.2 Å². The normalized spacial score (nSPS) is 19.8. The van der Waals surface area contributed by atoms with Gasteiger partial charge in [-0.05, 0) is 42.4 Å². The summed E-state index contributed by atoms with van der Waals surface area (Å²) in [6.07, 6.45) is 6.76. The van der Waals surface area contributed by atoms with E-state index in [9.17, 15) is 9.59 Å². The zero-order valence-electron chi connectivity index (χ0n) is 14.0. The van der Waals surface area contributed by atoms with Crippen molar-refractivity contribution < 1.29 is 9.59 Å². The van der Waals surface area contributed by atoms with Crippen molar-refractivity contribution in [2.75, 3.05) is 11.4 Å². The fraction of sp³-hybridized carbons (Fsp3) is 0.421. The number of anilines is 1. The highest BCUT2D eigenvalue weighted by Gasteiger charge is 2.36. The van der Waals surface area contributed by atoms with Gasteiger partial charge in [0.1, 0.15) is 0 Å². The molecular weight excluding hydrogens is 334 g/mol. The molecule has 0 spiro atoms. The summed E-state index contributed by atoms with van der Waals surface area (Å²) in [4.78, 5) is 30.4. The first-order chi connectivity index (χ1) is 12.2. The van der Waals surface area contributed by atoms with Gasteiger partial charge in [-0.25, -0.2) is 4.98 Å². The zero-order valence-corrected chi connectivity index (χ0v) is 14.8. The van der Waals surface area contributed by atoms with Crippen LogP contribution in [0.4, 0.5) is 5.13 Å². The topological polar surface area (TPSA) is 62.3 Å². The largest absolute Gasteiger partial charge is 0.352 e. The average Bonchev–Trinajstić information content (AvgIpc) is 3.29. The Morgan fingerprint density at radius 2 is 2.12 bits per heavy atom. The molecule has 1 atom stereocenters. The van der Waals surface area contributed by atoms with E-state index in [0.717, 1.165) is 12.0 Å². The Bertz CT molecular complexity index is 788. The molecule has 1 unspecified atom stereocenters. The average molecular weight is 355 g/mol. The third-order valence-corrected chi connectivity index (χ3v) is 5.82. The number of carbonyl (C=O) groups excluding carboxylic acids is 2. The fourth-order valence-corrected chi connectivity index (χ4v) is 4.32. The standard InChI is InChI=1S/C19H21N3O2S/c23-17-10-16(12-22(17)19-20-7-8-25-19)18(24)21-11-13-5-6-14-3-1-2-4-15(14)9-13/h5-9,16H,1-4,10-12H2,(H,21,24). The lowest BCUT2D eigenvalue weighted by atomic mass is 9.90. The summed E-state index contributed by atoms with van der Waals surface area (Å²) in [5.41, 5.74) is 4.00. The van der Waals surface area contributed by atoms with Gasteiger partial charge >= 0.3 is 0 Å². The highest BCUT2D eigenvalue weighted by Crippen LogP contribution is 2.27. The van der Waals surface area contributed by atoms with Gasteiger partial charge in [0.25, 0.3) is 0 Å². The monoisotopic (exact) mass is 355 g/mol. The first-order valence-electron chi connectivity index (χ1n) is 8.79. The van der Waals surface area contributed by atoms with Gasteiger partial charge in [0.15, 0.2) is 5.13 Å². The van der Waals surface area contributed by atoms with Crippen molar-refractivity contribution >= 4 is 28.3 Å². The summed E-state index contributed by atoms with van der Waals surface area (Å²) in [6, 6.07) is 6.52. The van der Waals surface area contributed by atoms with E-state index in [1.54, 1.807) is 11.1 Å². The van der Waals surface area contributed by atoms with Crippen LogP contribution in [-0.4, -0.2) is 23.3 Å². The van der Waals surface area contributed by atoms with E-state index in [1.807, 2.05) is 5.38 Å². The van der Waals surface area contributed by atoms with E-state index in [4.69, 9.17) is 0 Å². The van der Waals surface area contributed by atoms with Crippen LogP contribution >= 0.6 is 11.3 Å².